The van der Waals surface area contributed by atoms with Crippen LogP contribution in [0.5, 0.6) is 11.5 Å². The number of ether oxygens (including phenoxy) is 2. The Morgan fingerprint density at radius 2 is 1.96 bits per heavy atom. The van der Waals surface area contributed by atoms with Crippen LogP contribution in [0.15, 0.2) is 52.6 Å². The number of amides is 1. The van der Waals surface area contributed by atoms with Crippen LogP contribution in [0.2, 0.25) is 0 Å². The molecule has 0 atom stereocenters. The third kappa shape index (κ3) is 4.54. The van der Waals surface area contributed by atoms with Gasteiger partial charge in [-0.3, -0.25) is 9.69 Å². The number of hydrogen-bond donors (Lipinski definition) is 1. The van der Waals surface area contributed by atoms with Crippen molar-refractivity contribution in [2.45, 2.75) is 20.0 Å². The summed E-state index contributed by atoms with van der Waals surface area (Å²) in [6.45, 7) is 3.04. The highest BCUT2D eigenvalue weighted by molar-refractivity contribution is 9.10. The van der Waals surface area contributed by atoms with Crippen molar-refractivity contribution < 1.29 is 14.3 Å². The van der Waals surface area contributed by atoms with E-state index in [2.05, 4.69) is 21.2 Å². The molecule has 1 heterocycles. The molecule has 1 N–H and O–H groups in total. The van der Waals surface area contributed by atoms with Crippen molar-refractivity contribution in [2.24, 2.45) is 0 Å². The molecule has 3 rings (SSSR count). The summed E-state index contributed by atoms with van der Waals surface area (Å²) in [7, 11) is 1.59. The normalized spacial score (nSPS) is 15.1. The number of rotatable bonds is 7. The van der Waals surface area contributed by atoms with E-state index in [9.17, 15) is 4.79 Å². The number of carbonyl (C=O) groups excluding carboxylic acids is 1. The Hall–Kier alpha value is -2.38. The molecule has 2 aromatic rings. The molecule has 2 aromatic carbocycles. The van der Waals surface area contributed by atoms with Crippen LogP contribution in [0, 0.1) is 0 Å². The first-order chi connectivity index (χ1) is 13.5. The van der Waals surface area contributed by atoms with Gasteiger partial charge in [-0.2, -0.15) is 0 Å². The average molecular weight is 461 g/mol. The van der Waals surface area contributed by atoms with Gasteiger partial charge in [-0.05, 0) is 48.0 Å². The van der Waals surface area contributed by atoms with Crippen LogP contribution >= 0.6 is 28.1 Å². The van der Waals surface area contributed by atoms with Crippen LogP contribution in [-0.2, 0) is 11.4 Å². The first kappa shape index (κ1) is 20.4. The molecule has 0 aliphatic carbocycles. The predicted molar refractivity (Wildman–Crippen MR) is 117 cm³/mol. The summed E-state index contributed by atoms with van der Waals surface area (Å²) in [5.41, 5.74) is 2.30. The number of halogens is 1. The Kier molecular flexibility index (Phi) is 6.70. The minimum Gasteiger partial charge on any atom is -0.493 e. The van der Waals surface area contributed by atoms with Gasteiger partial charge in [0, 0.05) is 11.0 Å². The van der Waals surface area contributed by atoms with Crippen LogP contribution in [0.4, 0.5) is 0 Å². The van der Waals surface area contributed by atoms with Crippen molar-refractivity contribution in [3.8, 4) is 11.5 Å². The van der Waals surface area contributed by atoms with E-state index >= 15 is 0 Å². The largest absolute Gasteiger partial charge is 0.493 e. The molecule has 1 saturated heterocycles. The molecule has 0 radical (unpaired) electrons. The highest BCUT2D eigenvalue weighted by atomic mass is 79.9. The number of methoxy groups -OCH3 is 1. The monoisotopic (exact) mass is 460 g/mol. The number of nitrogens with one attached hydrogen (secondary N) is 1. The summed E-state index contributed by atoms with van der Waals surface area (Å²) in [6, 6.07) is 13.6. The van der Waals surface area contributed by atoms with Gasteiger partial charge >= 0.3 is 0 Å². The summed E-state index contributed by atoms with van der Waals surface area (Å²) >= 11 is 8.82. The molecule has 0 bridgehead atoms. The molecule has 0 unspecified atom stereocenters. The fourth-order valence-electron chi connectivity index (χ4n) is 2.82. The predicted octanol–water partition coefficient (Wildman–Crippen LogP) is 4.50. The number of benzene rings is 2. The molecule has 146 valence electrons. The second-order valence-corrected chi connectivity index (χ2v) is 7.48. The van der Waals surface area contributed by atoms with Gasteiger partial charge in [-0.25, -0.2) is 0 Å². The lowest BCUT2D eigenvalue weighted by Gasteiger charge is -2.13. The van der Waals surface area contributed by atoms with Gasteiger partial charge in [0.1, 0.15) is 12.3 Å². The van der Waals surface area contributed by atoms with Crippen molar-refractivity contribution in [2.75, 3.05) is 13.7 Å². The molecular weight excluding hydrogens is 440 g/mol. The zero-order chi connectivity index (χ0) is 20.1. The molecule has 5 nitrogen and oxygen atoms in total. The lowest BCUT2D eigenvalue weighted by atomic mass is 10.1. The molecule has 1 aliphatic heterocycles. The Morgan fingerprint density at radius 1 is 1.21 bits per heavy atom. The van der Waals surface area contributed by atoms with Crippen LogP contribution in [-0.4, -0.2) is 29.6 Å². The Bertz CT molecular complexity index is 915. The van der Waals surface area contributed by atoms with E-state index in [1.54, 1.807) is 18.1 Å². The topological polar surface area (TPSA) is 50.8 Å². The average Bonchev–Trinajstić information content (AvgIpc) is 2.96. The van der Waals surface area contributed by atoms with Gasteiger partial charge in [-0.1, -0.05) is 53.2 Å². The molecule has 28 heavy (non-hydrogen) atoms. The maximum absolute atomic E-state index is 12.5. The summed E-state index contributed by atoms with van der Waals surface area (Å²) in [5.74, 6) is 1.08. The van der Waals surface area contributed by atoms with Crippen molar-refractivity contribution in [1.29, 1.82) is 0 Å². The second kappa shape index (κ2) is 9.21. The van der Waals surface area contributed by atoms with Gasteiger partial charge in [0.2, 0.25) is 0 Å². The minimum atomic E-state index is -0.123. The van der Waals surface area contributed by atoms with Crippen molar-refractivity contribution in [1.82, 2.24) is 10.2 Å². The molecule has 0 spiro atoms. The van der Waals surface area contributed by atoms with E-state index in [1.165, 1.54) is 0 Å². The van der Waals surface area contributed by atoms with Crippen molar-refractivity contribution in [3.63, 3.8) is 0 Å². The minimum absolute atomic E-state index is 0.123. The number of carbonyl (C=O) groups is 1. The van der Waals surface area contributed by atoms with E-state index < -0.39 is 0 Å². The maximum atomic E-state index is 12.5. The van der Waals surface area contributed by atoms with Gasteiger partial charge in [0.25, 0.3) is 5.91 Å². The summed E-state index contributed by atoms with van der Waals surface area (Å²) in [4.78, 5) is 14.1. The summed E-state index contributed by atoms with van der Waals surface area (Å²) in [5, 5.41) is 3.42. The molecule has 0 aromatic heterocycles. The number of thiocarbonyl (C=S) groups is 1. The van der Waals surface area contributed by atoms with E-state index in [4.69, 9.17) is 21.7 Å². The molecule has 0 saturated carbocycles. The van der Waals surface area contributed by atoms with Gasteiger partial charge < -0.3 is 14.8 Å². The van der Waals surface area contributed by atoms with E-state index in [-0.39, 0.29) is 5.91 Å². The third-order valence-corrected chi connectivity index (χ3v) is 5.24. The highest BCUT2D eigenvalue weighted by Crippen LogP contribution is 2.35. The smallest absolute Gasteiger partial charge is 0.276 e. The number of hydrogen-bond acceptors (Lipinski definition) is 4. The fourth-order valence-corrected chi connectivity index (χ4v) is 3.54. The van der Waals surface area contributed by atoms with Gasteiger partial charge in [0.15, 0.2) is 16.6 Å². The molecule has 7 heteroatoms. The zero-order valence-electron chi connectivity index (χ0n) is 15.7. The Labute approximate surface area is 178 Å². The number of nitrogens with zero attached hydrogens (tertiary/aromatic N) is 1. The highest BCUT2D eigenvalue weighted by Gasteiger charge is 2.30. The van der Waals surface area contributed by atoms with Gasteiger partial charge in [0.05, 0.1) is 7.11 Å². The zero-order valence-corrected chi connectivity index (χ0v) is 18.1. The van der Waals surface area contributed by atoms with E-state index in [1.807, 2.05) is 49.4 Å². The second-order valence-electron chi connectivity index (χ2n) is 6.24. The van der Waals surface area contributed by atoms with Crippen molar-refractivity contribution in [3.05, 3.63) is 63.8 Å². The lowest BCUT2D eigenvalue weighted by molar-refractivity contribution is -0.122. The van der Waals surface area contributed by atoms with E-state index in [0.29, 0.717) is 35.5 Å². The maximum Gasteiger partial charge on any atom is 0.276 e. The van der Waals surface area contributed by atoms with Crippen LogP contribution < -0.4 is 14.8 Å². The lowest BCUT2D eigenvalue weighted by Crippen LogP contribution is -2.31. The Balaban J connectivity index is 1.83. The van der Waals surface area contributed by atoms with E-state index in [0.717, 1.165) is 22.0 Å². The molecule has 1 fully saturated rings. The first-order valence-corrected chi connectivity index (χ1v) is 10.1. The molecule has 1 aliphatic rings. The van der Waals surface area contributed by atoms with Gasteiger partial charge in [-0.15, -0.1) is 0 Å². The quantitative estimate of drug-likeness (QED) is 0.486. The van der Waals surface area contributed by atoms with Crippen LogP contribution in [0.1, 0.15) is 24.5 Å². The van der Waals surface area contributed by atoms with Crippen molar-refractivity contribution >= 4 is 45.2 Å². The molecular formula is C21H21BrN2O3S. The molecule has 1 amide bonds. The standard InChI is InChI=1S/C21H21BrN2O3S/c1-3-9-24-20(25)17(23-21(24)28)10-15-11-18(26-2)19(12-16(15)22)27-13-14-7-5-4-6-8-14/h4-8,10-12H,3,9,13H2,1-2H3,(H,23,28). The fraction of sp³-hybridized carbons (Fsp3) is 0.238. The summed E-state index contributed by atoms with van der Waals surface area (Å²) < 4.78 is 12.2. The third-order valence-electron chi connectivity index (χ3n) is 4.23. The van der Waals surface area contributed by atoms with Crippen LogP contribution in [0.25, 0.3) is 6.08 Å². The Morgan fingerprint density at radius 3 is 2.64 bits per heavy atom. The first-order valence-electron chi connectivity index (χ1n) is 8.92. The summed E-state index contributed by atoms with van der Waals surface area (Å²) in [6.07, 6.45) is 2.60. The SMILES string of the molecule is CCCN1C(=O)C(=Cc2cc(OC)c(OCc3ccccc3)cc2Br)NC1=S. The van der Waals surface area contributed by atoms with Crippen LogP contribution in [0.3, 0.4) is 0 Å².